The zero-order valence-corrected chi connectivity index (χ0v) is 12.9. The van der Waals surface area contributed by atoms with Gasteiger partial charge in [0.1, 0.15) is 17.2 Å². The number of hydrogen-bond donors (Lipinski definition) is 2. The van der Waals surface area contributed by atoms with Crippen molar-refractivity contribution in [3.8, 4) is 0 Å². The van der Waals surface area contributed by atoms with Crippen molar-refractivity contribution in [2.75, 3.05) is 11.9 Å². The van der Waals surface area contributed by atoms with Gasteiger partial charge in [-0.2, -0.15) is 0 Å². The lowest BCUT2D eigenvalue weighted by Crippen LogP contribution is -2.16. The first kappa shape index (κ1) is 14.1. The molecule has 9 heteroatoms. The van der Waals surface area contributed by atoms with Gasteiger partial charge in [0.15, 0.2) is 5.16 Å². The Bertz CT molecular complexity index is 625. The Balaban J connectivity index is 2.33. The van der Waals surface area contributed by atoms with Gasteiger partial charge in [0.25, 0.3) is 0 Å². The number of hydrogen-bond acceptors (Lipinski definition) is 6. The molecule has 0 bridgehead atoms. The minimum Gasteiger partial charge on any atom is -0.369 e. The zero-order chi connectivity index (χ0) is 13.8. The van der Waals surface area contributed by atoms with Crippen molar-refractivity contribution in [2.24, 2.45) is 0 Å². The van der Waals surface area contributed by atoms with Crippen LogP contribution in [0.2, 0.25) is 0 Å². The Morgan fingerprint density at radius 3 is 2.95 bits per heavy atom. The summed E-state index contributed by atoms with van der Waals surface area (Å²) in [6, 6.07) is 0. The second kappa shape index (κ2) is 6.20. The highest BCUT2D eigenvalue weighted by molar-refractivity contribution is 9.10. The van der Waals surface area contributed by atoms with Crippen molar-refractivity contribution >= 4 is 33.5 Å². The first-order valence-electron chi connectivity index (χ1n) is 5.74. The molecule has 0 saturated heterocycles. The standard InChI is InChI=1S/C10H13BrN6OS/c1-3-12-7-6(11)8(14-5-13-7)19-10-16-15-9(18)17(10)4-2/h5H,3-4H2,1-2H3,(H,15,18)(H,12,13,14). The number of nitrogens with zero attached hydrogens (tertiary/aromatic N) is 4. The molecule has 0 spiro atoms. The van der Waals surface area contributed by atoms with Crippen LogP contribution in [-0.4, -0.2) is 31.3 Å². The maximum absolute atomic E-state index is 11.5. The summed E-state index contributed by atoms with van der Waals surface area (Å²) in [4.78, 5) is 19.8. The number of halogens is 1. The minimum absolute atomic E-state index is 0.220. The maximum Gasteiger partial charge on any atom is 0.343 e. The van der Waals surface area contributed by atoms with Gasteiger partial charge in [-0.25, -0.2) is 19.9 Å². The van der Waals surface area contributed by atoms with Crippen LogP contribution >= 0.6 is 27.7 Å². The van der Waals surface area contributed by atoms with E-state index in [1.165, 1.54) is 18.1 Å². The Kier molecular flexibility index (Phi) is 4.59. The van der Waals surface area contributed by atoms with Crippen molar-refractivity contribution in [2.45, 2.75) is 30.6 Å². The summed E-state index contributed by atoms with van der Waals surface area (Å²) >= 11 is 4.77. The lowest BCUT2D eigenvalue weighted by atomic mass is 10.5. The molecule has 0 saturated carbocycles. The van der Waals surface area contributed by atoms with E-state index >= 15 is 0 Å². The van der Waals surface area contributed by atoms with Crippen molar-refractivity contribution < 1.29 is 0 Å². The Hall–Kier alpha value is -1.35. The summed E-state index contributed by atoms with van der Waals surface area (Å²) in [5.41, 5.74) is -0.220. The molecule has 2 heterocycles. The molecule has 0 aliphatic heterocycles. The summed E-state index contributed by atoms with van der Waals surface area (Å²) in [6.45, 7) is 5.20. The highest BCUT2D eigenvalue weighted by atomic mass is 79.9. The maximum atomic E-state index is 11.5. The van der Waals surface area contributed by atoms with Crippen LogP contribution in [0.5, 0.6) is 0 Å². The molecule has 0 fully saturated rings. The lowest BCUT2D eigenvalue weighted by Gasteiger charge is -2.08. The van der Waals surface area contributed by atoms with Gasteiger partial charge in [0, 0.05) is 13.1 Å². The number of nitrogens with one attached hydrogen (secondary N) is 2. The highest BCUT2D eigenvalue weighted by Gasteiger charge is 2.14. The molecule has 0 aromatic carbocycles. The van der Waals surface area contributed by atoms with Gasteiger partial charge in [-0.15, -0.1) is 5.10 Å². The average molecular weight is 345 g/mol. The zero-order valence-electron chi connectivity index (χ0n) is 10.5. The molecule has 0 atom stereocenters. The molecule has 0 radical (unpaired) electrons. The van der Waals surface area contributed by atoms with Gasteiger partial charge in [0.05, 0.1) is 4.47 Å². The Labute approximate surface area is 122 Å². The third-order valence-electron chi connectivity index (χ3n) is 2.33. The summed E-state index contributed by atoms with van der Waals surface area (Å²) in [5, 5.41) is 10.8. The second-order valence-corrected chi connectivity index (χ2v) is 5.28. The SMILES string of the molecule is CCNc1ncnc(Sc2n[nH]c(=O)n2CC)c1Br. The van der Waals surface area contributed by atoms with E-state index in [4.69, 9.17) is 0 Å². The molecule has 2 N–H and O–H groups in total. The third-order valence-corrected chi connectivity index (χ3v) is 4.34. The summed E-state index contributed by atoms with van der Waals surface area (Å²) in [5.74, 6) is 0.723. The Morgan fingerprint density at radius 2 is 2.26 bits per heavy atom. The monoisotopic (exact) mass is 344 g/mol. The lowest BCUT2D eigenvalue weighted by molar-refractivity contribution is 0.660. The molecule has 19 heavy (non-hydrogen) atoms. The van der Waals surface area contributed by atoms with Crippen molar-refractivity contribution in [1.29, 1.82) is 0 Å². The van der Waals surface area contributed by atoms with E-state index in [1.807, 2.05) is 13.8 Å². The number of rotatable bonds is 5. The predicted octanol–water partition coefficient (Wildman–Crippen LogP) is 1.73. The van der Waals surface area contributed by atoms with Crippen molar-refractivity contribution in [3.05, 3.63) is 21.3 Å². The molecule has 2 aromatic heterocycles. The number of H-pyrrole nitrogens is 1. The normalized spacial score (nSPS) is 10.7. The number of aromatic amines is 1. The molecule has 0 aliphatic carbocycles. The highest BCUT2D eigenvalue weighted by Crippen LogP contribution is 2.33. The first-order valence-corrected chi connectivity index (χ1v) is 7.35. The van der Waals surface area contributed by atoms with Crippen LogP contribution in [0, 0.1) is 0 Å². The fourth-order valence-electron chi connectivity index (χ4n) is 1.46. The van der Waals surface area contributed by atoms with Gasteiger partial charge in [-0.05, 0) is 41.5 Å². The van der Waals surface area contributed by atoms with Crippen LogP contribution in [0.1, 0.15) is 13.8 Å². The van der Waals surface area contributed by atoms with Crippen molar-refractivity contribution in [1.82, 2.24) is 24.7 Å². The fourth-order valence-corrected chi connectivity index (χ4v) is 2.92. The molecule has 2 rings (SSSR count). The van der Waals surface area contributed by atoms with E-state index in [9.17, 15) is 4.79 Å². The molecule has 0 amide bonds. The quantitative estimate of drug-likeness (QED) is 0.803. The van der Waals surface area contributed by atoms with Crippen LogP contribution in [0.15, 0.2) is 25.8 Å². The van der Waals surface area contributed by atoms with E-state index in [0.29, 0.717) is 16.7 Å². The van der Waals surface area contributed by atoms with Crippen LogP contribution in [-0.2, 0) is 6.54 Å². The van der Waals surface area contributed by atoms with Gasteiger partial charge < -0.3 is 5.32 Å². The van der Waals surface area contributed by atoms with Crippen LogP contribution in [0.25, 0.3) is 0 Å². The van der Waals surface area contributed by atoms with Gasteiger partial charge >= 0.3 is 5.69 Å². The fraction of sp³-hybridized carbons (Fsp3) is 0.400. The van der Waals surface area contributed by atoms with E-state index in [2.05, 4.69) is 41.4 Å². The molecule has 7 nitrogen and oxygen atoms in total. The average Bonchev–Trinajstić information content (AvgIpc) is 2.75. The van der Waals surface area contributed by atoms with Gasteiger partial charge in [0.2, 0.25) is 0 Å². The summed E-state index contributed by atoms with van der Waals surface area (Å²) in [6.07, 6.45) is 1.48. The predicted molar refractivity (Wildman–Crippen MR) is 76.5 cm³/mol. The van der Waals surface area contributed by atoms with Crippen molar-refractivity contribution in [3.63, 3.8) is 0 Å². The topological polar surface area (TPSA) is 88.5 Å². The number of aromatic nitrogens is 5. The summed E-state index contributed by atoms with van der Waals surface area (Å²) < 4.78 is 2.31. The largest absolute Gasteiger partial charge is 0.369 e. The van der Waals surface area contributed by atoms with Crippen LogP contribution in [0.4, 0.5) is 5.82 Å². The summed E-state index contributed by atoms with van der Waals surface area (Å²) in [7, 11) is 0. The van der Waals surface area contributed by atoms with E-state index < -0.39 is 0 Å². The van der Waals surface area contributed by atoms with E-state index in [0.717, 1.165) is 16.8 Å². The number of anilines is 1. The van der Waals surface area contributed by atoms with Crippen LogP contribution < -0.4 is 11.0 Å². The molecule has 2 aromatic rings. The Morgan fingerprint density at radius 1 is 1.47 bits per heavy atom. The molecule has 0 unspecified atom stereocenters. The van der Waals surface area contributed by atoms with Crippen LogP contribution in [0.3, 0.4) is 0 Å². The van der Waals surface area contributed by atoms with Gasteiger partial charge in [-0.3, -0.25) is 4.57 Å². The van der Waals surface area contributed by atoms with E-state index in [-0.39, 0.29) is 5.69 Å². The molecule has 102 valence electrons. The second-order valence-electron chi connectivity index (χ2n) is 3.53. The smallest absolute Gasteiger partial charge is 0.343 e. The van der Waals surface area contributed by atoms with E-state index in [1.54, 1.807) is 4.57 Å². The first-order chi connectivity index (χ1) is 9.17. The van der Waals surface area contributed by atoms with Gasteiger partial charge in [-0.1, -0.05) is 0 Å². The molecular weight excluding hydrogens is 332 g/mol. The molecular formula is C10H13BrN6OS. The molecule has 0 aliphatic rings. The third kappa shape index (κ3) is 2.98. The minimum atomic E-state index is -0.220.